The summed E-state index contributed by atoms with van der Waals surface area (Å²) in [6.45, 7) is 1.97. The summed E-state index contributed by atoms with van der Waals surface area (Å²) in [7, 11) is 1.52. The van der Waals surface area contributed by atoms with Crippen LogP contribution in [0, 0.1) is 5.82 Å². The first-order valence-electron chi connectivity index (χ1n) is 5.89. The first kappa shape index (κ1) is 13.9. The first-order chi connectivity index (χ1) is 9.15. The second kappa shape index (κ2) is 6.10. The molecule has 0 saturated heterocycles. The predicted molar refractivity (Wildman–Crippen MR) is 72.3 cm³/mol. The summed E-state index contributed by atoms with van der Waals surface area (Å²) in [4.78, 5) is 9.66. The summed E-state index contributed by atoms with van der Waals surface area (Å²) in [6, 6.07) is 6.01. The molecule has 1 atom stereocenters. The SMILES string of the molecule is CCC(NOC)c1sc(-c2cccc(F)c2)nc1O. The van der Waals surface area contributed by atoms with Crippen molar-refractivity contribution in [3.8, 4) is 16.5 Å². The zero-order valence-corrected chi connectivity index (χ0v) is 11.5. The number of thiazole rings is 1. The summed E-state index contributed by atoms with van der Waals surface area (Å²) in [5.41, 5.74) is 3.45. The molecule has 19 heavy (non-hydrogen) atoms. The van der Waals surface area contributed by atoms with Gasteiger partial charge in [0.05, 0.1) is 18.0 Å². The van der Waals surface area contributed by atoms with Crippen LogP contribution in [0.15, 0.2) is 24.3 Å². The fourth-order valence-corrected chi connectivity index (χ4v) is 2.84. The van der Waals surface area contributed by atoms with Gasteiger partial charge in [-0.25, -0.2) is 9.37 Å². The van der Waals surface area contributed by atoms with Crippen LogP contribution >= 0.6 is 11.3 Å². The maximum absolute atomic E-state index is 13.2. The second-order valence-electron chi connectivity index (χ2n) is 4.00. The van der Waals surface area contributed by atoms with Crippen molar-refractivity contribution in [1.29, 1.82) is 0 Å². The molecule has 6 heteroatoms. The van der Waals surface area contributed by atoms with Crippen molar-refractivity contribution in [1.82, 2.24) is 10.5 Å². The number of nitrogens with zero attached hydrogens (tertiary/aromatic N) is 1. The molecule has 102 valence electrons. The largest absolute Gasteiger partial charge is 0.492 e. The number of halogens is 1. The lowest BCUT2D eigenvalue weighted by Gasteiger charge is -2.12. The van der Waals surface area contributed by atoms with Crippen LogP contribution in [0.1, 0.15) is 24.3 Å². The Hall–Kier alpha value is -1.50. The minimum absolute atomic E-state index is 0.0411. The third kappa shape index (κ3) is 3.09. The molecule has 0 aliphatic rings. The summed E-state index contributed by atoms with van der Waals surface area (Å²) in [5.74, 6) is -0.364. The van der Waals surface area contributed by atoms with Crippen molar-refractivity contribution in [2.75, 3.05) is 7.11 Å². The van der Waals surface area contributed by atoms with Gasteiger partial charge in [-0.1, -0.05) is 19.1 Å². The molecule has 2 N–H and O–H groups in total. The van der Waals surface area contributed by atoms with E-state index in [1.165, 1.54) is 30.6 Å². The average molecular weight is 282 g/mol. The number of rotatable bonds is 5. The van der Waals surface area contributed by atoms with Gasteiger partial charge in [-0.2, -0.15) is 5.48 Å². The van der Waals surface area contributed by atoms with Crippen LogP contribution in [-0.4, -0.2) is 17.2 Å². The quantitative estimate of drug-likeness (QED) is 0.827. The molecule has 1 aromatic heterocycles. The third-order valence-electron chi connectivity index (χ3n) is 2.69. The Kier molecular flexibility index (Phi) is 4.47. The molecule has 2 aromatic rings. The Morgan fingerprint density at radius 1 is 1.53 bits per heavy atom. The second-order valence-corrected chi connectivity index (χ2v) is 5.03. The molecule has 1 heterocycles. The monoisotopic (exact) mass is 282 g/mol. The minimum Gasteiger partial charge on any atom is -0.492 e. The molecule has 0 bridgehead atoms. The van der Waals surface area contributed by atoms with E-state index in [0.29, 0.717) is 15.4 Å². The molecule has 4 nitrogen and oxygen atoms in total. The molecule has 0 fully saturated rings. The van der Waals surface area contributed by atoms with Gasteiger partial charge in [0.1, 0.15) is 10.8 Å². The van der Waals surface area contributed by atoms with Gasteiger partial charge in [-0.3, -0.25) is 0 Å². The summed E-state index contributed by atoms with van der Waals surface area (Å²) >= 11 is 1.32. The number of hydrogen-bond donors (Lipinski definition) is 2. The topological polar surface area (TPSA) is 54.4 Å². The van der Waals surface area contributed by atoms with Gasteiger partial charge in [0.25, 0.3) is 0 Å². The Balaban J connectivity index is 2.35. The lowest BCUT2D eigenvalue weighted by Crippen LogP contribution is -2.18. The molecule has 0 amide bonds. The highest BCUT2D eigenvalue weighted by molar-refractivity contribution is 7.15. The van der Waals surface area contributed by atoms with Crippen LogP contribution in [0.2, 0.25) is 0 Å². The van der Waals surface area contributed by atoms with E-state index in [1.54, 1.807) is 12.1 Å². The minimum atomic E-state index is -0.323. The molecule has 0 spiro atoms. The van der Waals surface area contributed by atoms with Crippen LogP contribution in [0.4, 0.5) is 4.39 Å². The number of nitrogens with one attached hydrogen (secondary N) is 1. The molecular formula is C13H15FN2O2S. The standard InChI is InChI=1S/C13H15FN2O2S/c1-3-10(16-18-2)11-12(17)15-13(19-11)8-5-4-6-9(14)7-8/h4-7,10,16-17H,3H2,1-2H3. The molecule has 1 unspecified atom stereocenters. The van der Waals surface area contributed by atoms with E-state index in [0.717, 1.165) is 6.42 Å². The van der Waals surface area contributed by atoms with Crippen LogP contribution in [-0.2, 0) is 4.84 Å². The highest BCUT2D eigenvalue weighted by Crippen LogP contribution is 2.36. The zero-order valence-electron chi connectivity index (χ0n) is 10.7. The molecular weight excluding hydrogens is 267 g/mol. The summed E-state index contributed by atoms with van der Waals surface area (Å²) in [5, 5.41) is 10.5. The third-order valence-corrected chi connectivity index (χ3v) is 3.90. The van der Waals surface area contributed by atoms with Crippen LogP contribution in [0.25, 0.3) is 10.6 Å². The highest BCUT2D eigenvalue weighted by Gasteiger charge is 2.19. The number of aromatic hydroxyl groups is 1. The molecule has 0 aliphatic heterocycles. The van der Waals surface area contributed by atoms with Gasteiger partial charge in [0.2, 0.25) is 5.88 Å². The van der Waals surface area contributed by atoms with Crippen molar-refractivity contribution in [2.24, 2.45) is 0 Å². The zero-order chi connectivity index (χ0) is 13.8. The average Bonchev–Trinajstić information content (AvgIpc) is 2.78. The van der Waals surface area contributed by atoms with E-state index in [1.807, 2.05) is 6.92 Å². The number of aromatic nitrogens is 1. The fraction of sp³-hybridized carbons (Fsp3) is 0.308. The van der Waals surface area contributed by atoms with Crippen LogP contribution in [0.5, 0.6) is 5.88 Å². The van der Waals surface area contributed by atoms with Crippen LogP contribution in [0.3, 0.4) is 0 Å². The number of hydroxylamine groups is 1. The highest BCUT2D eigenvalue weighted by atomic mass is 32.1. The molecule has 0 radical (unpaired) electrons. The van der Waals surface area contributed by atoms with Crippen molar-refractivity contribution in [2.45, 2.75) is 19.4 Å². The van der Waals surface area contributed by atoms with Crippen LogP contribution < -0.4 is 5.48 Å². The molecule has 2 rings (SSSR count). The molecule has 0 aliphatic carbocycles. The normalized spacial score (nSPS) is 12.6. The Morgan fingerprint density at radius 2 is 2.32 bits per heavy atom. The Morgan fingerprint density at radius 3 is 2.95 bits per heavy atom. The van der Waals surface area contributed by atoms with Crippen molar-refractivity contribution < 1.29 is 14.3 Å². The van der Waals surface area contributed by atoms with E-state index in [9.17, 15) is 9.50 Å². The Labute approximate surface area is 114 Å². The maximum Gasteiger partial charge on any atom is 0.227 e. The summed E-state index contributed by atoms with van der Waals surface area (Å²) in [6.07, 6.45) is 0.742. The first-order valence-corrected chi connectivity index (χ1v) is 6.71. The van der Waals surface area contributed by atoms with Crippen molar-refractivity contribution in [3.63, 3.8) is 0 Å². The van der Waals surface area contributed by atoms with Crippen molar-refractivity contribution >= 4 is 11.3 Å². The lowest BCUT2D eigenvalue weighted by atomic mass is 10.2. The van der Waals surface area contributed by atoms with Gasteiger partial charge >= 0.3 is 0 Å². The lowest BCUT2D eigenvalue weighted by molar-refractivity contribution is 0.0595. The van der Waals surface area contributed by atoms with E-state index < -0.39 is 0 Å². The van der Waals surface area contributed by atoms with Gasteiger partial charge < -0.3 is 9.94 Å². The van der Waals surface area contributed by atoms with Gasteiger partial charge in [-0.05, 0) is 18.6 Å². The van der Waals surface area contributed by atoms with E-state index in [-0.39, 0.29) is 17.7 Å². The predicted octanol–water partition coefficient (Wildman–Crippen LogP) is 3.26. The number of benzene rings is 1. The van der Waals surface area contributed by atoms with Gasteiger partial charge in [-0.15, -0.1) is 11.3 Å². The van der Waals surface area contributed by atoms with Gasteiger partial charge in [0.15, 0.2) is 0 Å². The number of hydrogen-bond acceptors (Lipinski definition) is 5. The molecule has 0 saturated carbocycles. The smallest absolute Gasteiger partial charge is 0.227 e. The summed E-state index contributed by atoms with van der Waals surface area (Å²) < 4.78 is 13.2. The Bertz CT molecular complexity index is 559. The maximum atomic E-state index is 13.2. The van der Waals surface area contributed by atoms with E-state index in [4.69, 9.17) is 4.84 Å². The van der Waals surface area contributed by atoms with Gasteiger partial charge in [0, 0.05) is 5.56 Å². The van der Waals surface area contributed by atoms with E-state index >= 15 is 0 Å². The van der Waals surface area contributed by atoms with Crippen molar-refractivity contribution in [3.05, 3.63) is 35.0 Å². The van der Waals surface area contributed by atoms with E-state index in [2.05, 4.69) is 10.5 Å². The fourth-order valence-electron chi connectivity index (χ4n) is 1.76. The molecule has 1 aromatic carbocycles.